The molecular weight excluding hydrogens is 400 g/mol. The molecular formula is C22H20N4O5. The number of aryl methyl sites for hydroxylation is 1. The predicted molar refractivity (Wildman–Crippen MR) is 117 cm³/mol. The van der Waals surface area contributed by atoms with Crippen molar-refractivity contribution in [1.82, 2.24) is 14.1 Å². The van der Waals surface area contributed by atoms with Crippen molar-refractivity contribution >= 4 is 22.6 Å². The molecule has 0 bridgehead atoms. The molecule has 0 spiro atoms. The minimum Gasteiger partial charge on any atom is -0.493 e. The lowest BCUT2D eigenvalue weighted by Crippen LogP contribution is -2.34. The molecule has 0 radical (unpaired) electrons. The number of hydrogen-bond donors (Lipinski definition) is 2. The summed E-state index contributed by atoms with van der Waals surface area (Å²) in [5.41, 5.74) is 0.311. The SMILES string of the molecule is COc1ccc(NC(=O)c2cn(C)c3c(=O)n(-c4ccccc4)c(=O)[nH]c23)cc1OC. The number of benzene rings is 2. The molecule has 2 heterocycles. The maximum atomic E-state index is 13.1. The van der Waals surface area contributed by atoms with Gasteiger partial charge in [-0.25, -0.2) is 9.36 Å². The molecule has 0 saturated carbocycles. The first-order valence-corrected chi connectivity index (χ1v) is 9.37. The standard InChI is InChI=1S/C22H20N4O5/c1-25-12-15(20(27)23-13-9-10-16(30-2)17(11-13)31-3)18-19(25)21(28)26(22(29)24-18)14-7-5-4-6-8-14/h4-12H,1-3H3,(H,23,27)(H,24,29). The van der Waals surface area contributed by atoms with Gasteiger partial charge < -0.3 is 24.3 Å². The lowest BCUT2D eigenvalue weighted by molar-refractivity contribution is 0.102. The van der Waals surface area contributed by atoms with Gasteiger partial charge in [-0.1, -0.05) is 18.2 Å². The summed E-state index contributed by atoms with van der Waals surface area (Å²) >= 11 is 0. The van der Waals surface area contributed by atoms with E-state index in [1.165, 1.54) is 25.0 Å². The Bertz CT molecular complexity index is 1400. The number of nitrogens with zero attached hydrogens (tertiary/aromatic N) is 2. The zero-order chi connectivity index (χ0) is 22.1. The Balaban J connectivity index is 1.78. The van der Waals surface area contributed by atoms with Crippen molar-refractivity contribution in [3.05, 3.63) is 81.1 Å². The molecule has 2 aromatic carbocycles. The molecule has 2 aromatic heterocycles. The van der Waals surface area contributed by atoms with Crippen molar-refractivity contribution < 1.29 is 14.3 Å². The van der Waals surface area contributed by atoms with Crippen LogP contribution in [0.3, 0.4) is 0 Å². The van der Waals surface area contributed by atoms with Gasteiger partial charge in [-0.05, 0) is 24.3 Å². The van der Waals surface area contributed by atoms with Crippen LogP contribution in [-0.2, 0) is 7.05 Å². The largest absolute Gasteiger partial charge is 0.493 e. The number of nitrogens with one attached hydrogen (secondary N) is 2. The molecule has 4 rings (SSSR count). The molecule has 0 atom stereocenters. The number of carbonyl (C=O) groups excluding carboxylic acids is 1. The average Bonchev–Trinajstić information content (AvgIpc) is 3.10. The van der Waals surface area contributed by atoms with Crippen molar-refractivity contribution in [2.75, 3.05) is 19.5 Å². The molecule has 0 aliphatic rings. The molecule has 0 saturated heterocycles. The highest BCUT2D eigenvalue weighted by Gasteiger charge is 2.20. The van der Waals surface area contributed by atoms with E-state index in [4.69, 9.17) is 9.47 Å². The third-order valence-electron chi connectivity index (χ3n) is 4.92. The van der Waals surface area contributed by atoms with E-state index >= 15 is 0 Å². The molecule has 0 unspecified atom stereocenters. The van der Waals surface area contributed by atoms with Crippen LogP contribution in [0, 0.1) is 0 Å². The van der Waals surface area contributed by atoms with Gasteiger partial charge in [0.1, 0.15) is 5.52 Å². The molecule has 9 nitrogen and oxygen atoms in total. The molecule has 2 N–H and O–H groups in total. The number of fused-ring (bicyclic) bond motifs is 1. The zero-order valence-corrected chi connectivity index (χ0v) is 17.1. The highest BCUT2D eigenvalue weighted by Crippen LogP contribution is 2.30. The maximum Gasteiger partial charge on any atom is 0.333 e. The van der Waals surface area contributed by atoms with Crippen LogP contribution in [-0.4, -0.2) is 34.2 Å². The van der Waals surface area contributed by atoms with Gasteiger partial charge in [-0.2, -0.15) is 0 Å². The lowest BCUT2D eigenvalue weighted by atomic mass is 10.2. The monoisotopic (exact) mass is 420 g/mol. The van der Waals surface area contributed by atoms with Gasteiger partial charge in [0.25, 0.3) is 11.5 Å². The van der Waals surface area contributed by atoms with Crippen LogP contribution in [0.2, 0.25) is 0 Å². The quantitative estimate of drug-likeness (QED) is 0.515. The topological polar surface area (TPSA) is 107 Å². The van der Waals surface area contributed by atoms with E-state index in [0.717, 1.165) is 4.57 Å². The Morgan fingerprint density at radius 3 is 2.39 bits per heavy atom. The number of para-hydroxylation sites is 1. The van der Waals surface area contributed by atoms with Crippen LogP contribution < -0.4 is 26.0 Å². The van der Waals surface area contributed by atoms with Crippen LogP contribution in [0.1, 0.15) is 10.4 Å². The van der Waals surface area contributed by atoms with Crippen molar-refractivity contribution in [3.63, 3.8) is 0 Å². The third kappa shape index (κ3) is 3.46. The first-order valence-electron chi connectivity index (χ1n) is 9.37. The Kier molecular flexibility index (Phi) is 5.08. The number of carbonyl (C=O) groups is 1. The Morgan fingerprint density at radius 1 is 1.00 bits per heavy atom. The smallest absolute Gasteiger partial charge is 0.333 e. The van der Waals surface area contributed by atoms with Crippen LogP contribution in [0.25, 0.3) is 16.7 Å². The lowest BCUT2D eigenvalue weighted by Gasteiger charge is -2.10. The van der Waals surface area contributed by atoms with E-state index < -0.39 is 17.2 Å². The number of methoxy groups -OCH3 is 2. The highest BCUT2D eigenvalue weighted by atomic mass is 16.5. The summed E-state index contributed by atoms with van der Waals surface area (Å²) in [5, 5.41) is 2.76. The van der Waals surface area contributed by atoms with Crippen molar-refractivity contribution in [2.45, 2.75) is 0 Å². The Morgan fingerprint density at radius 2 is 1.71 bits per heavy atom. The molecule has 0 fully saturated rings. The van der Waals surface area contributed by atoms with E-state index in [1.54, 1.807) is 55.6 Å². The first kappa shape index (κ1) is 20.0. The molecule has 0 aliphatic heterocycles. The second kappa shape index (κ2) is 7.86. The van der Waals surface area contributed by atoms with Crippen molar-refractivity contribution in [1.29, 1.82) is 0 Å². The van der Waals surface area contributed by atoms with Gasteiger partial charge in [0.2, 0.25) is 0 Å². The van der Waals surface area contributed by atoms with Gasteiger partial charge >= 0.3 is 5.69 Å². The third-order valence-corrected chi connectivity index (χ3v) is 4.92. The predicted octanol–water partition coefficient (Wildman–Crippen LogP) is 2.29. The van der Waals surface area contributed by atoms with E-state index in [0.29, 0.717) is 22.9 Å². The summed E-state index contributed by atoms with van der Waals surface area (Å²) in [6.07, 6.45) is 1.51. The number of amides is 1. The molecule has 9 heteroatoms. The number of H-pyrrole nitrogens is 1. The number of ether oxygens (including phenoxy) is 2. The van der Waals surface area contributed by atoms with Crippen molar-refractivity contribution in [2.24, 2.45) is 7.05 Å². The van der Waals surface area contributed by atoms with E-state index in [9.17, 15) is 14.4 Å². The fourth-order valence-corrected chi connectivity index (χ4v) is 3.47. The summed E-state index contributed by atoms with van der Waals surface area (Å²) < 4.78 is 13.0. The minimum absolute atomic E-state index is 0.168. The summed E-state index contributed by atoms with van der Waals surface area (Å²) in [5.74, 6) is 0.499. The average molecular weight is 420 g/mol. The number of aromatic nitrogens is 3. The molecule has 31 heavy (non-hydrogen) atoms. The highest BCUT2D eigenvalue weighted by molar-refractivity contribution is 6.11. The van der Waals surface area contributed by atoms with Gasteiger partial charge in [-0.15, -0.1) is 0 Å². The number of anilines is 1. The number of rotatable bonds is 5. The molecule has 1 amide bonds. The summed E-state index contributed by atoms with van der Waals surface area (Å²) in [7, 11) is 4.66. The number of hydrogen-bond acceptors (Lipinski definition) is 5. The number of aromatic amines is 1. The molecule has 0 aliphatic carbocycles. The minimum atomic E-state index is -0.630. The zero-order valence-electron chi connectivity index (χ0n) is 17.1. The first-order chi connectivity index (χ1) is 14.9. The summed E-state index contributed by atoms with van der Waals surface area (Å²) in [4.78, 5) is 41.4. The second-order valence-corrected chi connectivity index (χ2v) is 6.81. The second-order valence-electron chi connectivity index (χ2n) is 6.81. The maximum absolute atomic E-state index is 13.1. The van der Waals surface area contributed by atoms with Crippen molar-refractivity contribution in [3.8, 4) is 17.2 Å². The van der Waals surface area contributed by atoms with E-state index in [1.807, 2.05) is 0 Å². The van der Waals surface area contributed by atoms with Crippen LogP contribution in [0.15, 0.2) is 64.3 Å². The van der Waals surface area contributed by atoms with E-state index in [-0.39, 0.29) is 16.6 Å². The molecule has 4 aromatic rings. The van der Waals surface area contributed by atoms with Gasteiger partial charge in [0.05, 0.1) is 31.0 Å². The fourth-order valence-electron chi connectivity index (χ4n) is 3.47. The fraction of sp³-hybridized carbons (Fsp3) is 0.136. The van der Waals surface area contributed by atoms with Gasteiger partial charge in [0, 0.05) is 25.0 Å². The van der Waals surface area contributed by atoms with Gasteiger partial charge in [-0.3, -0.25) is 9.59 Å². The molecule has 158 valence electrons. The Hall–Kier alpha value is -4.27. The van der Waals surface area contributed by atoms with Crippen LogP contribution in [0.5, 0.6) is 11.5 Å². The van der Waals surface area contributed by atoms with Gasteiger partial charge in [0.15, 0.2) is 11.5 Å². The van der Waals surface area contributed by atoms with E-state index in [2.05, 4.69) is 10.3 Å². The Labute approximate surface area is 176 Å². The normalized spacial score (nSPS) is 10.8. The summed E-state index contributed by atoms with van der Waals surface area (Å²) in [6.45, 7) is 0. The summed E-state index contributed by atoms with van der Waals surface area (Å²) in [6, 6.07) is 13.5. The van der Waals surface area contributed by atoms with Crippen LogP contribution in [0.4, 0.5) is 5.69 Å². The van der Waals surface area contributed by atoms with Crippen LogP contribution >= 0.6 is 0 Å².